The molecule has 0 aromatic heterocycles. The van der Waals surface area contributed by atoms with Gasteiger partial charge in [0.1, 0.15) is 0 Å². The Morgan fingerprint density at radius 1 is 1.30 bits per heavy atom. The minimum Gasteiger partial charge on any atom is -0.397 e. The number of piperidine rings is 1. The summed E-state index contributed by atoms with van der Waals surface area (Å²) in [4.78, 5) is 13.9. The van der Waals surface area contributed by atoms with Gasteiger partial charge in [-0.2, -0.15) is 0 Å². The first-order valence-corrected chi connectivity index (χ1v) is 7.44. The quantitative estimate of drug-likeness (QED) is 0.773. The van der Waals surface area contributed by atoms with E-state index in [2.05, 4.69) is 37.1 Å². The number of benzene rings is 1. The van der Waals surface area contributed by atoms with E-state index in [1.54, 1.807) is 0 Å². The van der Waals surface area contributed by atoms with Crippen molar-refractivity contribution in [1.29, 1.82) is 0 Å². The molecule has 1 fully saturated rings. The van der Waals surface area contributed by atoms with E-state index in [1.807, 2.05) is 6.07 Å². The van der Waals surface area contributed by atoms with Crippen LogP contribution in [0.25, 0.3) is 0 Å². The number of carbonyl (C=O) groups is 1. The Kier molecular flexibility index (Phi) is 3.11. The molecule has 1 aromatic carbocycles. The summed E-state index contributed by atoms with van der Waals surface area (Å²) < 4.78 is 0. The van der Waals surface area contributed by atoms with Crippen LogP contribution >= 0.6 is 0 Å². The molecule has 1 saturated heterocycles. The lowest BCUT2D eigenvalue weighted by Crippen LogP contribution is -2.46. The Morgan fingerprint density at radius 3 is 2.80 bits per heavy atom. The van der Waals surface area contributed by atoms with Crippen LogP contribution < -0.4 is 16.0 Å². The molecule has 3 atom stereocenters. The molecule has 2 aliphatic rings. The van der Waals surface area contributed by atoms with E-state index >= 15 is 0 Å². The van der Waals surface area contributed by atoms with Crippen molar-refractivity contribution in [3.8, 4) is 0 Å². The third-order valence-electron chi connectivity index (χ3n) is 4.78. The van der Waals surface area contributed by atoms with Crippen LogP contribution in [0.3, 0.4) is 0 Å². The zero-order chi connectivity index (χ0) is 14.4. The van der Waals surface area contributed by atoms with Gasteiger partial charge < -0.3 is 16.0 Å². The summed E-state index contributed by atoms with van der Waals surface area (Å²) in [6.07, 6.45) is 1.71. The highest BCUT2D eigenvalue weighted by molar-refractivity contribution is 6.01. The van der Waals surface area contributed by atoms with Gasteiger partial charge >= 0.3 is 0 Å². The number of nitrogens with two attached hydrogens (primary N) is 1. The second-order valence-corrected chi connectivity index (χ2v) is 6.50. The maximum absolute atomic E-state index is 11.5. The third kappa shape index (κ3) is 2.13. The monoisotopic (exact) mass is 273 g/mol. The molecular formula is C16H23N3O. The van der Waals surface area contributed by atoms with Gasteiger partial charge in [0, 0.05) is 18.3 Å². The van der Waals surface area contributed by atoms with Crippen LogP contribution in [-0.4, -0.2) is 18.5 Å². The van der Waals surface area contributed by atoms with Crippen LogP contribution in [0, 0.1) is 11.8 Å². The molecule has 4 heteroatoms. The van der Waals surface area contributed by atoms with Crippen LogP contribution in [0.2, 0.25) is 0 Å². The van der Waals surface area contributed by atoms with Gasteiger partial charge in [-0.05, 0) is 42.9 Å². The molecule has 0 radical (unpaired) electrons. The summed E-state index contributed by atoms with van der Waals surface area (Å²) in [5.41, 5.74) is 10.0. The number of carbonyl (C=O) groups excluding carboxylic acids is 1. The topological polar surface area (TPSA) is 58.4 Å². The Balaban J connectivity index is 1.98. The van der Waals surface area contributed by atoms with E-state index in [9.17, 15) is 4.79 Å². The average molecular weight is 273 g/mol. The highest BCUT2D eigenvalue weighted by Gasteiger charge is 2.31. The molecule has 0 bridgehead atoms. The summed E-state index contributed by atoms with van der Waals surface area (Å²) in [6, 6.07) is 4.49. The first-order valence-electron chi connectivity index (χ1n) is 7.44. The van der Waals surface area contributed by atoms with Gasteiger partial charge in [0.15, 0.2) is 0 Å². The van der Waals surface area contributed by atoms with E-state index < -0.39 is 0 Å². The zero-order valence-corrected chi connectivity index (χ0v) is 12.4. The number of hydrogen-bond donors (Lipinski definition) is 2. The van der Waals surface area contributed by atoms with Gasteiger partial charge in [-0.3, -0.25) is 4.79 Å². The van der Waals surface area contributed by atoms with E-state index in [-0.39, 0.29) is 5.91 Å². The van der Waals surface area contributed by atoms with Gasteiger partial charge in [0.05, 0.1) is 17.8 Å². The average Bonchev–Trinajstić information content (AvgIpc) is 2.72. The Labute approximate surface area is 120 Å². The van der Waals surface area contributed by atoms with Crippen LogP contribution in [0.1, 0.15) is 32.8 Å². The van der Waals surface area contributed by atoms with E-state index in [1.165, 1.54) is 6.42 Å². The maximum Gasteiger partial charge on any atom is 0.228 e. The van der Waals surface area contributed by atoms with E-state index in [4.69, 9.17) is 5.73 Å². The lowest BCUT2D eigenvalue weighted by Gasteiger charge is -2.43. The maximum atomic E-state index is 11.5. The summed E-state index contributed by atoms with van der Waals surface area (Å²) in [5.74, 6) is 1.38. The molecule has 1 amide bonds. The molecule has 3 rings (SSSR count). The summed E-state index contributed by atoms with van der Waals surface area (Å²) in [7, 11) is 0. The second-order valence-electron chi connectivity index (χ2n) is 6.50. The summed E-state index contributed by atoms with van der Waals surface area (Å²) >= 11 is 0. The third-order valence-corrected chi connectivity index (χ3v) is 4.78. The minimum atomic E-state index is 0.0602. The van der Waals surface area contributed by atoms with Crippen molar-refractivity contribution >= 4 is 23.0 Å². The van der Waals surface area contributed by atoms with Crippen LogP contribution in [0.5, 0.6) is 0 Å². The van der Waals surface area contributed by atoms with Crippen molar-refractivity contribution in [3.63, 3.8) is 0 Å². The number of hydrogen-bond acceptors (Lipinski definition) is 3. The van der Waals surface area contributed by atoms with Gasteiger partial charge in [0.2, 0.25) is 5.91 Å². The summed E-state index contributed by atoms with van der Waals surface area (Å²) in [6.45, 7) is 7.89. The molecule has 3 unspecified atom stereocenters. The molecule has 1 aromatic rings. The number of nitrogen functional groups attached to an aromatic ring is 1. The van der Waals surface area contributed by atoms with Gasteiger partial charge in [-0.1, -0.05) is 13.8 Å². The predicted molar refractivity (Wildman–Crippen MR) is 82.9 cm³/mol. The largest absolute Gasteiger partial charge is 0.397 e. The van der Waals surface area contributed by atoms with Gasteiger partial charge in [0.25, 0.3) is 0 Å². The van der Waals surface area contributed by atoms with E-state index in [0.717, 1.165) is 29.2 Å². The van der Waals surface area contributed by atoms with Gasteiger partial charge in [-0.25, -0.2) is 0 Å². The fourth-order valence-electron chi connectivity index (χ4n) is 3.56. The van der Waals surface area contributed by atoms with E-state index in [0.29, 0.717) is 24.3 Å². The van der Waals surface area contributed by atoms with Crippen LogP contribution in [0.15, 0.2) is 12.1 Å². The molecule has 0 saturated carbocycles. The van der Waals surface area contributed by atoms with Crippen molar-refractivity contribution < 1.29 is 4.79 Å². The number of nitrogens with one attached hydrogen (secondary N) is 1. The molecule has 0 aliphatic carbocycles. The number of nitrogens with zero attached hydrogens (tertiary/aromatic N) is 1. The molecule has 3 N–H and O–H groups in total. The first kappa shape index (κ1) is 13.3. The highest BCUT2D eigenvalue weighted by atomic mass is 16.1. The minimum absolute atomic E-state index is 0.0602. The van der Waals surface area contributed by atoms with Crippen molar-refractivity contribution in [1.82, 2.24) is 0 Å². The van der Waals surface area contributed by atoms with Gasteiger partial charge in [-0.15, -0.1) is 0 Å². The zero-order valence-electron chi connectivity index (χ0n) is 12.4. The molecule has 20 heavy (non-hydrogen) atoms. The molecule has 2 heterocycles. The summed E-state index contributed by atoms with van der Waals surface area (Å²) in [5, 5.41) is 2.92. The molecule has 108 valence electrons. The van der Waals surface area contributed by atoms with Crippen molar-refractivity contribution in [2.45, 2.75) is 39.7 Å². The van der Waals surface area contributed by atoms with Crippen molar-refractivity contribution in [2.24, 2.45) is 11.8 Å². The standard InChI is InChI=1S/C16H23N3O/c1-9-4-10(2)11(3)19(8-9)15-7-14-12(5-13(15)17)6-16(20)18-14/h5,7,9-11H,4,6,8,17H2,1-3H3,(H,18,20). The fourth-order valence-corrected chi connectivity index (χ4v) is 3.56. The fraction of sp³-hybridized carbons (Fsp3) is 0.562. The molecular weight excluding hydrogens is 250 g/mol. The molecule has 2 aliphatic heterocycles. The van der Waals surface area contributed by atoms with Crippen LogP contribution in [0.4, 0.5) is 17.1 Å². The number of amides is 1. The lowest BCUT2D eigenvalue weighted by molar-refractivity contribution is -0.115. The normalized spacial score (nSPS) is 29.2. The molecule has 0 spiro atoms. The highest BCUT2D eigenvalue weighted by Crippen LogP contribution is 2.38. The van der Waals surface area contributed by atoms with Crippen molar-refractivity contribution in [2.75, 3.05) is 22.5 Å². The SMILES string of the molecule is CC1CC(C)C(C)N(c2cc3c(cc2N)CC(=O)N3)C1. The Bertz CT molecular complexity index is 555. The van der Waals surface area contributed by atoms with Crippen molar-refractivity contribution in [3.05, 3.63) is 17.7 Å². The molecule has 4 nitrogen and oxygen atoms in total. The number of rotatable bonds is 1. The Morgan fingerprint density at radius 2 is 2.05 bits per heavy atom. The lowest BCUT2D eigenvalue weighted by atomic mass is 9.85. The Hall–Kier alpha value is -1.71. The number of anilines is 3. The number of fused-ring (bicyclic) bond motifs is 1. The predicted octanol–water partition coefficient (Wildman–Crippen LogP) is 2.63. The first-order chi connectivity index (χ1) is 9.45. The van der Waals surface area contributed by atoms with Crippen LogP contribution in [-0.2, 0) is 11.2 Å². The smallest absolute Gasteiger partial charge is 0.228 e. The second kappa shape index (κ2) is 4.69.